The minimum absolute atomic E-state index is 0.0857. The summed E-state index contributed by atoms with van der Waals surface area (Å²) >= 11 is 13.0. The van der Waals surface area contributed by atoms with E-state index >= 15 is 0 Å². The lowest BCUT2D eigenvalue weighted by atomic mass is 10.1. The highest BCUT2D eigenvalue weighted by molar-refractivity contribution is 7.18. The molecular weight excluding hydrogens is 301 g/mol. The molecule has 0 saturated carbocycles. The molecule has 2 rings (SSSR count). The number of carbonyl (C=O) groups is 1. The van der Waals surface area contributed by atoms with Crippen LogP contribution in [0.25, 0.3) is 0 Å². The average molecular weight is 314 g/mol. The van der Waals surface area contributed by atoms with Gasteiger partial charge >= 0.3 is 0 Å². The zero-order chi connectivity index (χ0) is 13.7. The number of nitrogens with one attached hydrogen (secondary N) is 1. The van der Waals surface area contributed by atoms with Crippen LogP contribution in [0.1, 0.15) is 15.2 Å². The van der Waals surface area contributed by atoms with Crippen LogP contribution >= 0.6 is 34.5 Å². The topological polar surface area (TPSA) is 29.1 Å². The second kappa shape index (κ2) is 6.94. The molecule has 5 heteroatoms. The summed E-state index contributed by atoms with van der Waals surface area (Å²) in [5.41, 5.74) is 1.15. The predicted octanol–water partition coefficient (Wildman–Crippen LogP) is 3.98. The van der Waals surface area contributed by atoms with Crippen molar-refractivity contribution in [1.82, 2.24) is 5.32 Å². The number of hydrogen-bond donors (Lipinski definition) is 1. The van der Waals surface area contributed by atoms with Gasteiger partial charge in [-0.05, 0) is 24.1 Å². The van der Waals surface area contributed by atoms with E-state index in [9.17, 15) is 4.79 Å². The Hall–Kier alpha value is -1.03. The molecule has 0 bridgehead atoms. The van der Waals surface area contributed by atoms with Gasteiger partial charge in [0.25, 0.3) is 5.91 Å². The molecule has 0 aliphatic carbocycles. The molecule has 0 radical (unpaired) electrons. The largest absolute Gasteiger partial charge is 0.347 e. The highest BCUT2D eigenvalue weighted by Gasteiger charge is 2.15. The van der Waals surface area contributed by atoms with Crippen LogP contribution < -0.4 is 5.32 Å². The number of carbonyl (C=O) groups excluding carboxylic acids is 1. The normalized spacial score (nSPS) is 12.1. The Kier molecular flexibility index (Phi) is 5.25. The zero-order valence-corrected chi connectivity index (χ0v) is 12.4. The van der Waals surface area contributed by atoms with E-state index in [0.29, 0.717) is 15.1 Å². The maximum atomic E-state index is 12.0. The molecule has 0 saturated heterocycles. The van der Waals surface area contributed by atoms with Crippen molar-refractivity contribution in [2.24, 2.45) is 0 Å². The molecule has 1 unspecified atom stereocenters. The van der Waals surface area contributed by atoms with Crippen LogP contribution in [-0.4, -0.2) is 17.8 Å². The van der Waals surface area contributed by atoms with E-state index in [1.807, 2.05) is 30.3 Å². The lowest BCUT2D eigenvalue weighted by Crippen LogP contribution is -2.37. The third kappa shape index (κ3) is 4.23. The summed E-state index contributed by atoms with van der Waals surface area (Å²) in [6.45, 7) is 0. The zero-order valence-electron chi connectivity index (χ0n) is 10.1. The maximum Gasteiger partial charge on any atom is 0.261 e. The Morgan fingerprint density at radius 1 is 1.21 bits per heavy atom. The van der Waals surface area contributed by atoms with Crippen molar-refractivity contribution in [2.75, 3.05) is 5.88 Å². The molecule has 19 heavy (non-hydrogen) atoms. The fourth-order valence-electron chi connectivity index (χ4n) is 1.74. The summed E-state index contributed by atoms with van der Waals surface area (Å²) in [6, 6.07) is 13.3. The van der Waals surface area contributed by atoms with Gasteiger partial charge in [0.1, 0.15) is 0 Å². The van der Waals surface area contributed by atoms with E-state index in [1.54, 1.807) is 12.1 Å². The van der Waals surface area contributed by atoms with Gasteiger partial charge in [-0.25, -0.2) is 0 Å². The van der Waals surface area contributed by atoms with Crippen LogP contribution in [0, 0.1) is 0 Å². The van der Waals surface area contributed by atoms with Crippen LogP contribution in [0.5, 0.6) is 0 Å². The van der Waals surface area contributed by atoms with Crippen molar-refractivity contribution in [3.63, 3.8) is 0 Å². The minimum Gasteiger partial charge on any atom is -0.347 e. The Morgan fingerprint density at radius 3 is 2.53 bits per heavy atom. The number of thiophene rings is 1. The van der Waals surface area contributed by atoms with E-state index in [4.69, 9.17) is 23.2 Å². The van der Waals surface area contributed by atoms with Gasteiger partial charge in [0.2, 0.25) is 0 Å². The first-order chi connectivity index (χ1) is 9.19. The molecule has 2 nitrogen and oxygen atoms in total. The Morgan fingerprint density at radius 2 is 1.95 bits per heavy atom. The van der Waals surface area contributed by atoms with Gasteiger partial charge < -0.3 is 5.32 Å². The first-order valence-electron chi connectivity index (χ1n) is 5.85. The Balaban J connectivity index is 1.97. The maximum absolute atomic E-state index is 12.0. The highest BCUT2D eigenvalue weighted by atomic mass is 35.5. The van der Waals surface area contributed by atoms with Crippen LogP contribution in [0.3, 0.4) is 0 Å². The van der Waals surface area contributed by atoms with E-state index in [1.165, 1.54) is 11.3 Å². The lowest BCUT2D eigenvalue weighted by Gasteiger charge is -2.15. The molecule has 2 aromatic rings. The molecule has 1 heterocycles. The van der Waals surface area contributed by atoms with Crippen molar-refractivity contribution in [3.8, 4) is 0 Å². The summed E-state index contributed by atoms with van der Waals surface area (Å²) in [7, 11) is 0. The first kappa shape index (κ1) is 14.4. The molecule has 0 aliphatic heterocycles. The van der Waals surface area contributed by atoms with Crippen LogP contribution in [0.15, 0.2) is 42.5 Å². The van der Waals surface area contributed by atoms with Crippen LogP contribution in [-0.2, 0) is 6.42 Å². The standard InChI is InChI=1S/C14H13Cl2NOS/c15-9-11(8-10-4-2-1-3-5-10)17-14(18)12-6-7-13(16)19-12/h1-7,11H,8-9H2,(H,17,18). The summed E-state index contributed by atoms with van der Waals surface area (Å²) < 4.78 is 0.607. The first-order valence-corrected chi connectivity index (χ1v) is 7.58. The van der Waals surface area contributed by atoms with Crippen molar-refractivity contribution in [1.29, 1.82) is 0 Å². The van der Waals surface area contributed by atoms with Crippen LogP contribution in [0.2, 0.25) is 4.34 Å². The van der Waals surface area contributed by atoms with Gasteiger partial charge in [-0.3, -0.25) is 4.79 Å². The molecule has 1 aromatic carbocycles. The summed E-state index contributed by atoms with van der Waals surface area (Å²) in [5.74, 6) is 0.248. The lowest BCUT2D eigenvalue weighted by molar-refractivity contribution is 0.0944. The molecule has 0 fully saturated rings. The molecule has 1 aromatic heterocycles. The number of amides is 1. The second-order valence-corrected chi connectivity index (χ2v) is 6.14. The third-order valence-corrected chi connectivity index (χ3v) is 4.25. The third-order valence-electron chi connectivity index (χ3n) is 2.64. The fourth-order valence-corrected chi connectivity index (χ4v) is 2.87. The van der Waals surface area contributed by atoms with Gasteiger partial charge in [0, 0.05) is 11.9 Å². The quantitative estimate of drug-likeness (QED) is 0.831. The van der Waals surface area contributed by atoms with E-state index < -0.39 is 0 Å². The highest BCUT2D eigenvalue weighted by Crippen LogP contribution is 2.21. The van der Waals surface area contributed by atoms with E-state index in [2.05, 4.69) is 5.32 Å². The SMILES string of the molecule is O=C(NC(CCl)Cc1ccccc1)c1ccc(Cl)s1. The van der Waals surface area contributed by atoms with Crippen molar-refractivity contribution < 1.29 is 4.79 Å². The molecule has 1 N–H and O–H groups in total. The minimum atomic E-state index is -0.126. The average Bonchev–Trinajstić information content (AvgIpc) is 2.86. The Labute approximate surface area is 126 Å². The molecule has 100 valence electrons. The summed E-state index contributed by atoms with van der Waals surface area (Å²) in [4.78, 5) is 12.6. The molecule has 0 aliphatic rings. The van der Waals surface area contributed by atoms with E-state index in [-0.39, 0.29) is 11.9 Å². The molecule has 1 amide bonds. The van der Waals surface area contributed by atoms with E-state index in [0.717, 1.165) is 12.0 Å². The van der Waals surface area contributed by atoms with Gasteiger partial charge in [-0.15, -0.1) is 22.9 Å². The molecular formula is C14H13Cl2NOS. The second-order valence-electron chi connectivity index (χ2n) is 4.12. The fraction of sp³-hybridized carbons (Fsp3) is 0.214. The van der Waals surface area contributed by atoms with Gasteiger partial charge in [0.05, 0.1) is 9.21 Å². The van der Waals surface area contributed by atoms with Crippen molar-refractivity contribution in [3.05, 3.63) is 57.2 Å². The number of alkyl halides is 1. The predicted molar refractivity (Wildman–Crippen MR) is 81.4 cm³/mol. The number of hydrogen-bond acceptors (Lipinski definition) is 2. The number of benzene rings is 1. The van der Waals surface area contributed by atoms with Gasteiger partial charge in [-0.2, -0.15) is 0 Å². The summed E-state index contributed by atoms with van der Waals surface area (Å²) in [6.07, 6.45) is 0.717. The monoisotopic (exact) mass is 313 g/mol. The number of halogens is 2. The summed E-state index contributed by atoms with van der Waals surface area (Å²) in [5, 5.41) is 2.93. The number of rotatable bonds is 5. The van der Waals surface area contributed by atoms with Gasteiger partial charge in [0.15, 0.2) is 0 Å². The van der Waals surface area contributed by atoms with Crippen molar-refractivity contribution in [2.45, 2.75) is 12.5 Å². The Bertz CT molecular complexity index is 541. The smallest absolute Gasteiger partial charge is 0.261 e. The van der Waals surface area contributed by atoms with Gasteiger partial charge in [-0.1, -0.05) is 41.9 Å². The van der Waals surface area contributed by atoms with Crippen LogP contribution in [0.4, 0.5) is 0 Å². The van der Waals surface area contributed by atoms with Crippen molar-refractivity contribution >= 4 is 40.4 Å². The molecule has 1 atom stereocenters. The molecule has 0 spiro atoms.